The number of nitriles is 1. The monoisotopic (exact) mass is 275 g/mol. The normalized spacial score (nSPS) is 31.1. The minimum absolute atomic E-state index is 0.397. The van der Waals surface area contributed by atoms with Gasteiger partial charge in [0.15, 0.2) is 0 Å². The van der Waals surface area contributed by atoms with Crippen LogP contribution < -0.4 is 0 Å². The Morgan fingerprint density at radius 1 is 1.29 bits per heavy atom. The third-order valence-electron chi connectivity index (χ3n) is 4.88. The summed E-state index contributed by atoms with van der Waals surface area (Å²) in [6.07, 6.45) is 18.3. The molecule has 0 aromatic carbocycles. The van der Waals surface area contributed by atoms with Crippen LogP contribution in [0.5, 0.6) is 0 Å². The maximum atomic E-state index is 9.85. The SMILES string of the molecule is C#CCN1C2CCC1CC(C#N)(c1cncc(C#C)c1)C2. The summed E-state index contributed by atoms with van der Waals surface area (Å²) in [5.74, 6) is 5.35. The van der Waals surface area contributed by atoms with E-state index in [4.69, 9.17) is 12.8 Å². The van der Waals surface area contributed by atoms with Gasteiger partial charge in [0, 0.05) is 30.0 Å². The van der Waals surface area contributed by atoms with Crippen molar-refractivity contribution >= 4 is 0 Å². The van der Waals surface area contributed by atoms with E-state index in [0.29, 0.717) is 18.6 Å². The number of aromatic nitrogens is 1. The van der Waals surface area contributed by atoms with Crippen LogP contribution in [-0.2, 0) is 5.41 Å². The van der Waals surface area contributed by atoms with Crippen molar-refractivity contribution in [3.8, 4) is 30.8 Å². The minimum atomic E-state index is -0.475. The second-order valence-electron chi connectivity index (χ2n) is 5.97. The predicted octanol–water partition coefficient (Wildman–Crippen LogP) is 2.08. The smallest absolute Gasteiger partial charge is 0.0867 e. The Morgan fingerprint density at radius 3 is 2.57 bits per heavy atom. The molecule has 3 heterocycles. The molecule has 104 valence electrons. The second-order valence-corrected chi connectivity index (χ2v) is 5.97. The molecular weight excluding hydrogens is 258 g/mol. The summed E-state index contributed by atoms with van der Waals surface area (Å²) in [4.78, 5) is 6.59. The Balaban J connectivity index is 1.96. The molecule has 3 heteroatoms. The van der Waals surface area contributed by atoms with Crippen LogP contribution in [0, 0.1) is 36.0 Å². The van der Waals surface area contributed by atoms with Crippen LogP contribution in [0.3, 0.4) is 0 Å². The molecular formula is C18H17N3. The van der Waals surface area contributed by atoms with Crippen LogP contribution in [0.15, 0.2) is 18.5 Å². The van der Waals surface area contributed by atoms with Crippen molar-refractivity contribution in [1.29, 1.82) is 5.26 Å². The summed E-state index contributed by atoms with van der Waals surface area (Å²) in [6.45, 7) is 0.680. The van der Waals surface area contributed by atoms with Crippen molar-refractivity contribution in [2.45, 2.75) is 43.2 Å². The number of terminal acetylenes is 2. The van der Waals surface area contributed by atoms with Gasteiger partial charge in [-0.25, -0.2) is 0 Å². The van der Waals surface area contributed by atoms with Gasteiger partial charge in [-0.3, -0.25) is 9.88 Å². The molecule has 0 aliphatic carbocycles. The Bertz CT molecular complexity index is 657. The Kier molecular flexibility index (Phi) is 3.42. The van der Waals surface area contributed by atoms with Gasteiger partial charge in [0.05, 0.1) is 18.0 Å². The topological polar surface area (TPSA) is 39.9 Å². The summed E-state index contributed by atoms with van der Waals surface area (Å²) in [5.41, 5.74) is 1.22. The first kappa shape index (κ1) is 13.7. The van der Waals surface area contributed by atoms with Gasteiger partial charge in [0.1, 0.15) is 0 Å². The van der Waals surface area contributed by atoms with E-state index in [1.165, 1.54) is 0 Å². The molecule has 0 amide bonds. The number of pyridine rings is 1. The van der Waals surface area contributed by atoms with Crippen molar-refractivity contribution in [3.05, 3.63) is 29.6 Å². The molecule has 1 aromatic heterocycles. The van der Waals surface area contributed by atoms with Crippen LogP contribution in [0.1, 0.15) is 36.8 Å². The molecule has 0 saturated carbocycles. The van der Waals surface area contributed by atoms with E-state index < -0.39 is 5.41 Å². The lowest BCUT2D eigenvalue weighted by Gasteiger charge is -2.42. The van der Waals surface area contributed by atoms with Gasteiger partial charge in [0.2, 0.25) is 0 Å². The van der Waals surface area contributed by atoms with Crippen molar-refractivity contribution in [2.75, 3.05) is 6.54 Å². The average molecular weight is 275 g/mol. The molecule has 2 aliphatic rings. The Labute approximate surface area is 126 Å². The van der Waals surface area contributed by atoms with E-state index in [2.05, 4.69) is 27.8 Å². The molecule has 21 heavy (non-hydrogen) atoms. The maximum absolute atomic E-state index is 9.85. The van der Waals surface area contributed by atoms with E-state index in [1.54, 1.807) is 12.4 Å². The third kappa shape index (κ3) is 2.19. The molecule has 0 radical (unpaired) electrons. The fourth-order valence-corrected chi connectivity index (χ4v) is 3.88. The zero-order valence-electron chi connectivity index (χ0n) is 11.9. The van der Waals surface area contributed by atoms with E-state index in [0.717, 1.165) is 36.8 Å². The molecule has 2 atom stereocenters. The van der Waals surface area contributed by atoms with Crippen molar-refractivity contribution in [2.24, 2.45) is 0 Å². The first-order chi connectivity index (χ1) is 10.2. The van der Waals surface area contributed by atoms with E-state index in [1.807, 2.05) is 6.07 Å². The molecule has 0 spiro atoms. The lowest BCUT2D eigenvalue weighted by Crippen LogP contribution is -2.49. The summed E-state index contributed by atoms with van der Waals surface area (Å²) >= 11 is 0. The Hall–Kier alpha value is -2.28. The molecule has 2 bridgehead atoms. The van der Waals surface area contributed by atoms with Gasteiger partial charge in [-0.1, -0.05) is 11.8 Å². The number of hydrogen-bond donors (Lipinski definition) is 0. The molecule has 2 saturated heterocycles. The van der Waals surface area contributed by atoms with Gasteiger partial charge in [-0.2, -0.15) is 5.26 Å². The summed E-state index contributed by atoms with van der Waals surface area (Å²) in [6, 6.07) is 5.29. The van der Waals surface area contributed by atoms with Crippen LogP contribution in [0.25, 0.3) is 0 Å². The number of piperidine rings is 1. The van der Waals surface area contributed by atoms with Crippen LogP contribution in [-0.4, -0.2) is 28.5 Å². The highest BCUT2D eigenvalue weighted by molar-refractivity contribution is 5.40. The van der Waals surface area contributed by atoms with Gasteiger partial charge in [-0.05, 0) is 37.3 Å². The van der Waals surface area contributed by atoms with Gasteiger partial charge < -0.3 is 0 Å². The number of hydrogen-bond acceptors (Lipinski definition) is 3. The molecule has 2 aliphatic heterocycles. The zero-order valence-corrected chi connectivity index (χ0v) is 11.9. The molecule has 1 aromatic rings. The molecule has 2 fully saturated rings. The van der Waals surface area contributed by atoms with E-state index >= 15 is 0 Å². The fraction of sp³-hybridized carbons (Fsp3) is 0.444. The first-order valence-electron chi connectivity index (χ1n) is 7.25. The summed E-state index contributed by atoms with van der Waals surface area (Å²) in [5, 5.41) is 9.85. The largest absolute Gasteiger partial charge is 0.286 e. The maximum Gasteiger partial charge on any atom is 0.0867 e. The van der Waals surface area contributed by atoms with Gasteiger partial charge >= 0.3 is 0 Å². The minimum Gasteiger partial charge on any atom is -0.286 e. The van der Waals surface area contributed by atoms with Gasteiger partial charge in [-0.15, -0.1) is 12.8 Å². The second kappa shape index (κ2) is 5.25. The highest BCUT2D eigenvalue weighted by atomic mass is 15.2. The van der Waals surface area contributed by atoms with Crippen LogP contribution in [0.4, 0.5) is 0 Å². The number of fused-ring (bicyclic) bond motifs is 2. The predicted molar refractivity (Wildman–Crippen MR) is 81.0 cm³/mol. The molecule has 3 rings (SSSR count). The number of nitrogens with zero attached hydrogens (tertiary/aromatic N) is 3. The van der Waals surface area contributed by atoms with E-state index in [-0.39, 0.29) is 0 Å². The van der Waals surface area contributed by atoms with Crippen molar-refractivity contribution in [3.63, 3.8) is 0 Å². The molecule has 0 N–H and O–H groups in total. The standard InChI is InChI=1S/C18H17N3/c1-3-7-21-16-5-6-17(21)10-18(9-16,13-19)15-8-14(4-2)11-20-12-15/h1-2,8,11-12,16-17H,5-7,9-10H2. The first-order valence-corrected chi connectivity index (χ1v) is 7.25. The molecule has 2 unspecified atom stereocenters. The summed E-state index contributed by atoms with van der Waals surface area (Å²) in [7, 11) is 0. The average Bonchev–Trinajstić information content (AvgIpc) is 2.78. The fourth-order valence-electron chi connectivity index (χ4n) is 3.88. The van der Waals surface area contributed by atoms with Gasteiger partial charge in [0.25, 0.3) is 0 Å². The lowest BCUT2D eigenvalue weighted by atomic mass is 9.71. The van der Waals surface area contributed by atoms with Crippen molar-refractivity contribution in [1.82, 2.24) is 9.88 Å². The van der Waals surface area contributed by atoms with E-state index in [9.17, 15) is 5.26 Å². The zero-order chi connectivity index (χ0) is 14.9. The quantitative estimate of drug-likeness (QED) is 0.776. The van der Waals surface area contributed by atoms with Crippen LogP contribution >= 0.6 is 0 Å². The highest BCUT2D eigenvalue weighted by Gasteiger charge is 2.49. The summed E-state index contributed by atoms with van der Waals surface area (Å²) < 4.78 is 0. The highest BCUT2D eigenvalue weighted by Crippen LogP contribution is 2.46. The third-order valence-corrected chi connectivity index (χ3v) is 4.88. The van der Waals surface area contributed by atoms with Crippen LogP contribution in [0.2, 0.25) is 0 Å². The lowest BCUT2D eigenvalue weighted by molar-refractivity contribution is 0.121. The molecule has 3 nitrogen and oxygen atoms in total. The Morgan fingerprint density at radius 2 is 2.00 bits per heavy atom. The number of rotatable bonds is 2. The van der Waals surface area contributed by atoms with Crippen molar-refractivity contribution < 1.29 is 0 Å².